The van der Waals surface area contributed by atoms with Crippen molar-refractivity contribution < 1.29 is 33.3 Å². The summed E-state index contributed by atoms with van der Waals surface area (Å²) in [5.74, 6) is -1.95. The highest BCUT2D eigenvalue weighted by molar-refractivity contribution is 5.94. The maximum Gasteiger partial charge on any atom is 0.309 e. The predicted octanol–water partition coefficient (Wildman–Crippen LogP) is 6.30. The first kappa shape index (κ1) is 31.3. The van der Waals surface area contributed by atoms with Gasteiger partial charge in [-0.25, -0.2) is 4.39 Å². The fourth-order valence-electron chi connectivity index (χ4n) is 6.47. The monoisotopic (exact) mass is 604 g/mol. The van der Waals surface area contributed by atoms with Gasteiger partial charge in [-0.2, -0.15) is 0 Å². The van der Waals surface area contributed by atoms with Crippen molar-refractivity contribution in [2.24, 2.45) is 5.92 Å². The molecule has 3 aromatic rings. The molecular formula is C35H41FN2O6. The van der Waals surface area contributed by atoms with Crippen molar-refractivity contribution in [1.29, 1.82) is 0 Å². The Labute approximate surface area is 258 Å². The predicted molar refractivity (Wildman–Crippen MR) is 166 cm³/mol. The van der Waals surface area contributed by atoms with Crippen molar-refractivity contribution in [3.8, 4) is 17.2 Å². The Hall–Kier alpha value is -4.11. The van der Waals surface area contributed by atoms with Gasteiger partial charge < -0.3 is 24.6 Å². The van der Waals surface area contributed by atoms with Gasteiger partial charge in [-0.15, -0.1) is 0 Å². The summed E-state index contributed by atoms with van der Waals surface area (Å²) in [7, 11) is 0. The van der Waals surface area contributed by atoms with Crippen LogP contribution in [0.4, 0.5) is 10.1 Å². The quantitative estimate of drug-likeness (QED) is 0.265. The van der Waals surface area contributed by atoms with Crippen LogP contribution in [0, 0.1) is 18.7 Å². The molecule has 9 heteroatoms. The van der Waals surface area contributed by atoms with Crippen molar-refractivity contribution in [2.75, 3.05) is 38.2 Å². The minimum atomic E-state index is -1.07. The Kier molecular flexibility index (Phi) is 9.74. The third-order valence-electron chi connectivity index (χ3n) is 8.46. The molecule has 3 atom stereocenters. The SMILES string of the molecule is CCCOc1ccc([C@H]2C(C(=O)O)[C@@H](c3ccc4c(c3)OCCO4)CN2CC(=O)Nc2c(CC)cc(C)cc2CC)c(F)c1. The van der Waals surface area contributed by atoms with Gasteiger partial charge in [0.25, 0.3) is 0 Å². The van der Waals surface area contributed by atoms with Crippen LogP contribution in [0.25, 0.3) is 0 Å². The van der Waals surface area contributed by atoms with Crippen LogP contribution in [0.3, 0.4) is 0 Å². The Morgan fingerprint density at radius 2 is 1.70 bits per heavy atom. The summed E-state index contributed by atoms with van der Waals surface area (Å²) in [4.78, 5) is 28.4. The molecule has 0 spiro atoms. The molecule has 2 aliphatic rings. The number of amides is 1. The molecular weight excluding hydrogens is 563 g/mol. The number of carboxylic acids is 1. The number of nitrogens with one attached hydrogen (secondary N) is 1. The number of ether oxygens (including phenoxy) is 3. The number of rotatable bonds is 11. The lowest BCUT2D eigenvalue weighted by Gasteiger charge is -2.28. The number of benzene rings is 3. The summed E-state index contributed by atoms with van der Waals surface area (Å²) in [6.45, 7) is 9.50. The molecule has 234 valence electrons. The topological polar surface area (TPSA) is 97.3 Å². The smallest absolute Gasteiger partial charge is 0.309 e. The summed E-state index contributed by atoms with van der Waals surface area (Å²) in [5.41, 5.74) is 4.96. The maximum atomic E-state index is 15.8. The molecule has 0 saturated carbocycles. The van der Waals surface area contributed by atoms with Gasteiger partial charge in [-0.1, -0.05) is 50.6 Å². The van der Waals surface area contributed by atoms with E-state index in [2.05, 4.69) is 17.4 Å². The van der Waals surface area contributed by atoms with Crippen LogP contribution in [-0.2, 0) is 22.4 Å². The molecule has 1 saturated heterocycles. The van der Waals surface area contributed by atoms with E-state index in [0.29, 0.717) is 37.1 Å². The number of carboxylic acid groups (broad SMARTS) is 1. The number of carbonyl (C=O) groups excluding carboxylic acids is 1. The zero-order valence-electron chi connectivity index (χ0n) is 25.8. The highest BCUT2D eigenvalue weighted by Crippen LogP contribution is 2.48. The molecule has 5 rings (SSSR count). The van der Waals surface area contributed by atoms with E-state index >= 15 is 4.39 Å². The average molecular weight is 605 g/mol. The van der Waals surface area contributed by atoms with E-state index < -0.39 is 29.7 Å². The Morgan fingerprint density at radius 3 is 2.34 bits per heavy atom. The lowest BCUT2D eigenvalue weighted by atomic mass is 9.82. The summed E-state index contributed by atoms with van der Waals surface area (Å²) < 4.78 is 32.8. The molecule has 44 heavy (non-hydrogen) atoms. The van der Waals surface area contributed by atoms with Crippen LogP contribution >= 0.6 is 0 Å². The number of fused-ring (bicyclic) bond motifs is 1. The van der Waals surface area contributed by atoms with Gasteiger partial charge in [0.1, 0.15) is 24.8 Å². The van der Waals surface area contributed by atoms with Gasteiger partial charge in [-0.3, -0.25) is 14.5 Å². The first-order chi connectivity index (χ1) is 21.2. The van der Waals surface area contributed by atoms with Crippen LogP contribution in [0.5, 0.6) is 17.2 Å². The molecule has 2 aliphatic heterocycles. The molecule has 2 heterocycles. The molecule has 8 nitrogen and oxygen atoms in total. The number of aryl methyl sites for hydroxylation is 3. The summed E-state index contributed by atoms with van der Waals surface area (Å²) in [5, 5.41) is 13.7. The molecule has 0 radical (unpaired) electrons. The number of nitrogens with zero attached hydrogens (tertiary/aromatic N) is 1. The lowest BCUT2D eigenvalue weighted by Crippen LogP contribution is -2.36. The zero-order chi connectivity index (χ0) is 31.4. The maximum absolute atomic E-state index is 15.8. The van der Waals surface area contributed by atoms with Gasteiger partial charge in [0.2, 0.25) is 5.91 Å². The highest BCUT2D eigenvalue weighted by Gasteiger charge is 2.49. The number of halogens is 1. The second-order valence-electron chi connectivity index (χ2n) is 11.5. The number of hydrogen-bond donors (Lipinski definition) is 2. The number of likely N-dealkylation sites (tertiary alicyclic amines) is 1. The molecule has 2 N–H and O–H groups in total. The van der Waals surface area contributed by atoms with Gasteiger partial charge >= 0.3 is 5.97 Å². The van der Waals surface area contributed by atoms with Crippen LogP contribution in [-0.4, -0.2) is 54.8 Å². The fourth-order valence-corrected chi connectivity index (χ4v) is 6.47. The second kappa shape index (κ2) is 13.7. The minimum Gasteiger partial charge on any atom is -0.494 e. The van der Waals surface area contributed by atoms with Gasteiger partial charge in [-0.05, 0) is 61.1 Å². The van der Waals surface area contributed by atoms with Crippen molar-refractivity contribution >= 4 is 17.6 Å². The van der Waals surface area contributed by atoms with E-state index in [9.17, 15) is 14.7 Å². The van der Waals surface area contributed by atoms with Crippen LogP contribution in [0.1, 0.15) is 67.0 Å². The highest BCUT2D eigenvalue weighted by atomic mass is 19.1. The van der Waals surface area contributed by atoms with E-state index in [-0.39, 0.29) is 24.6 Å². The first-order valence-electron chi connectivity index (χ1n) is 15.4. The molecule has 1 amide bonds. The summed E-state index contributed by atoms with van der Waals surface area (Å²) >= 11 is 0. The van der Waals surface area contributed by atoms with Crippen molar-refractivity contribution in [3.63, 3.8) is 0 Å². The average Bonchev–Trinajstić information content (AvgIpc) is 3.39. The number of hydrogen-bond acceptors (Lipinski definition) is 6. The van der Waals surface area contributed by atoms with E-state index in [1.807, 2.05) is 33.8 Å². The van der Waals surface area contributed by atoms with Crippen molar-refractivity contribution in [3.05, 3.63) is 82.2 Å². The van der Waals surface area contributed by atoms with Gasteiger partial charge in [0.05, 0.1) is 25.1 Å². The fraction of sp³-hybridized carbons (Fsp3) is 0.429. The van der Waals surface area contributed by atoms with Gasteiger partial charge in [0.15, 0.2) is 11.5 Å². The number of anilines is 1. The molecule has 0 aliphatic carbocycles. The van der Waals surface area contributed by atoms with Crippen LogP contribution < -0.4 is 19.5 Å². The van der Waals surface area contributed by atoms with E-state index in [4.69, 9.17) is 14.2 Å². The molecule has 3 aromatic carbocycles. The van der Waals surface area contributed by atoms with Crippen molar-refractivity contribution in [1.82, 2.24) is 4.90 Å². The third-order valence-corrected chi connectivity index (χ3v) is 8.46. The van der Waals surface area contributed by atoms with E-state index in [0.717, 1.165) is 47.2 Å². The Morgan fingerprint density at radius 1 is 1.00 bits per heavy atom. The molecule has 1 unspecified atom stereocenters. The number of aliphatic carboxylic acids is 1. The molecule has 1 fully saturated rings. The third kappa shape index (κ3) is 6.53. The van der Waals surface area contributed by atoms with Crippen molar-refractivity contribution in [2.45, 2.75) is 58.9 Å². The van der Waals surface area contributed by atoms with Gasteiger partial charge in [0, 0.05) is 29.8 Å². The standard InChI is InChI=1S/C35H41FN2O6/c1-5-12-42-25-9-10-26(28(36)18-25)34-32(35(40)41)27(24-8-11-29-30(17-24)44-14-13-43-29)19-38(34)20-31(39)37-33-22(6-2)15-21(4)16-23(33)7-3/h8-11,15-18,27,32,34H,5-7,12-14,19-20H2,1-4H3,(H,37,39)(H,40,41)/t27-,32?,34+/m1/s1. The number of carbonyl (C=O) groups is 2. The summed E-state index contributed by atoms with van der Waals surface area (Å²) in [6, 6.07) is 13.2. The Bertz CT molecular complexity index is 1500. The second-order valence-corrected chi connectivity index (χ2v) is 11.5. The molecule has 0 bridgehead atoms. The van der Waals surface area contributed by atoms with Crippen LogP contribution in [0.15, 0.2) is 48.5 Å². The Balaban J connectivity index is 1.51. The van der Waals surface area contributed by atoms with E-state index in [1.165, 1.54) is 6.07 Å². The largest absolute Gasteiger partial charge is 0.494 e. The summed E-state index contributed by atoms with van der Waals surface area (Å²) in [6.07, 6.45) is 2.27. The zero-order valence-corrected chi connectivity index (χ0v) is 25.8. The van der Waals surface area contributed by atoms with E-state index in [1.54, 1.807) is 29.2 Å². The normalized spacial score (nSPS) is 19.5. The minimum absolute atomic E-state index is 0.108. The van der Waals surface area contributed by atoms with Crippen LogP contribution in [0.2, 0.25) is 0 Å². The first-order valence-corrected chi connectivity index (χ1v) is 15.4. The lowest BCUT2D eigenvalue weighted by molar-refractivity contribution is -0.143. The molecule has 0 aromatic heterocycles.